The van der Waals surface area contributed by atoms with Gasteiger partial charge in [0.2, 0.25) is 5.91 Å². The third kappa shape index (κ3) is 2.89. The number of amides is 1. The predicted octanol–water partition coefficient (Wildman–Crippen LogP) is 2.54. The van der Waals surface area contributed by atoms with Gasteiger partial charge in [-0.25, -0.2) is 0 Å². The standard InChI is InChI=1S/C17H17N3O/c18-15-8-4-7-14-9-10-20(17(14)15)12-16(21)19-11-13-5-2-1-3-6-13/h1-10H,11-12,18H2,(H,19,21). The molecule has 0 saturated heterocycles. The van der Waals surface area contributed by atoms with Crippen LogP contribution in [0, 0.1) is 0 Å². The Balaban J connectivity index is 1.69. The molecule has 3 N–H and O–H groups in total. The number of nitrogens with two attached hydrogens (primary N) is 1. The number of hydrogen-bond donors (Lipinski definition) is 2. The molecule has 0 aliphatic heterocycles. The van der Waals surface area contributed by atoms with Gasteiger partial charge in [-0.3, -0.25) is 4.79 Å². The number of anilines is 1. The molecule has 106 valence electrons. The minimum atomic E-state index is -0.0281. The van der Waals surface area contributed by atoms with Gasteiger partial charge in [0.25, 0.3) is 0 Å². The molecule has 0 aliphatic carbocycles. The average Bonchev–Trinajstić information content (AvgIpc) is 2.91. The first kappa shape index (κ1) is 13.2. The molecule has 21 heavy (non-hydrogen) atoms. The summed E-state index contributed by atoms with van der Waals surface area (Å²) in [6, 6.07) is 17.6. The van der Waals surface area contributed by atoms with E-state index in [1.807, 2.05) is 65.4 Å². The number of nitrogens with zero attached hydrogens (tertiary/aromatic N) is 1. The molecule has 0 spiro atoms. The fraction of sp³-hybridized carbons (Fsp3) is 0.118. The van der Waals surface area contributed by atoms with E-state index < -0.39 is 0 Å². The maximum atomic E-state index is 12.1. The lowest BCUT2D eigenvalue weighted by molar-refractivity contribution is -0.121. The largest absolute Gasteiger partial charge is 0.397 e. The number of nitrogen functional groups attached to an aromatic ring is 1. The van der Waals surface area contributed by atoms with Crippen molar-refractivity contribution < 1.29 is 4.79 Å². The van der Waals surface area contributed by atoms with Gasteiger partial charge in [-0.2, -0.15) is 0 Å². The van der Waals surface area contributed by atoms with Gasteiger partial charge in [-0.15, -0.1) is 0 Å². The lowest BCUT2D eigenvalue weighted by Gasteiger charge is -2.08. The van der Waals surface area contributed by atoms with Crippen LogP contribution in [0.3, 0.4) is 0 Å². The number of fused-ring (bicyclic) bond motifs is 1. The minimum absolute atomic E-state index is 0.0281. The summed E-state index contributed by atoms with van der Waals surface area (Å²) in [5, 5.41) is 3.97. The first-order chi connectivity index (χ1) is 10.2. The topological polar surface area (TPSA) is 60.0 Å². The van der Waals surface area contributed by atoms with Crippen LogP contribution in [0.5, 0.6) is 0 Å². The van der Waals surface area contributed by atoms with Gasteiger partial charge in [0.1, 0.15) is 6.54 Å². The average molecular weight is 279 g/mol. The third-order valence-corrected chi connectivity index (χ3v) is 3.47. The Hall–Kier alpha value is -2.75. The Morgan fingerprint density at radius 2 is 1.86 bits per heavy atom. The lowest BCUT2D eigenvalue weighted by atomic mass is 10.2. The van der Waals surface area contributed by atoms with Gasteiger partial charge in [0.05, 0.1) is 11.2 Å². The molecule has 4 heteroatoms. The van der Waals surface area contributed by atoms with Gasteiger partial charge in [-0.05, 0) is 17.7 Å². The highest BCUT2D eigenvalue weighted by Crippen LogP contribution is 2.21. The second kappa shape index (κ2) is 5.71. The predicted molar refractivity (Wildman–Crippen MR) is 84.6 cm³/mol. The van der Waals surface area contributed by atoms with Gasteiger partial charge in [0, 0.05) is 18.1 Å². The van der Waals surface area contributed by atoms with E-state index in [0.29, 0.717) is 12.2 Å². The summed E-state index contributed by atoms with van der Waals surface area (Å²) < 4.78 is 1.88. The number of carbonyl (C=O) groups excluding carboxylic acids is 1. The van der Waals surface area contributed by atoms with Gasteiger partial charge >= 0.3 is 0 Å². The van der Waals surface area contributed by atoms with Crippen LogP contribution in [0.25, 0.3) is 10.9 Å². The molecule has 4 nitrogen and oxygen atoms in total. The first-order valence-corrected chi connectivity index (χ1v) is 6.88. The van der Waals surface area contributed by atoms with Crippen LogP contribution in [0.4, 0.5) is 5.69 Å². The van der Waals surface area contributed by atoms with E-state index in [2.05, 4.69) is 5.32 Å². The van der Waals surface area contributed by atoms with Crippen molar-refractivity contribution >= 4 is 22.5 Å². The van der Waals surface area contributed by atoms with Crippen LogP contribution in [-0.4, -0.2) is 10.5 Å². The zero-order valence-corrected chi connectivity index (χ0v) is 11.6. The third-order valence-electron chi connectivity index (χ3n) is 3.47. The summed E-state index contributed by atoms with van der Waals surface area (Å²) >= 11 is 0. The van der Waals surface area contributed by atoms with E-state index in [0.717, 1.165) is 16.5 Å². The molecular formula is C17H17N3O. The molecule has 2 aromatic carbocycles. The van der Waals surface area contributed by atoms with E-state index in [-0.39, 0.29) is 12.5 Å². The summed E-state index contributed by atoms with van der Waals surface area (Å²) in [6.45, 7) is 0.804. The zero-order chi connectivity index (χ0) is 14.7. The molecule has 1 aromatic heterocycles. The minimum Gasteiger partial charge on any atom is -0.397 e. The second-order valence-electron chi connectivity index (χ2n) is 4.99. The number of aromatic nitrogens is 1. The van der Waals surface area contributed by atoms with Crippen molar-refractivity contribution in [2.24, 2.45) is 0 Å². The van der Waals surface area contributed by atoms with Crippen LogP contribution in [0.15, 0.2) is 60.8 Å². The Morgan fingerprint density at radius 3 is 2.67 bits per heavy atom. The summed E-state index contributed by atoms with van der Waals surface area (Å²) in [5.41, 5.74) is 8.67. The summed E-state index contributed by atoms with van der Waals surface area (Å²) in [6.07, 6.45) is 1.89. The monoisotopic (exact) mass is 279 g/mol. The van der Waals surface area contributed by atoms with Gasteiger partial charge in [-0.1, -0.05) is 42.5 Å². The second-order valence-corrected chi connectivity index (χ2v) is 4.99. The van der Waals surface area contributed by atoms with Crippen LogP contribution in [-0.2, 0) is 17.9 Å². The summed E-state index contributed by atoms with van der Waals surface area (Å²) in [5.74, 6) is -0.0281. The Labute approximate surface area is 123 Å². The molecule has 1 amide bonds. The molecule has 0 atom stereocenters. The molecule has 0 unspecified atom stereocenters. The Morgan fingerprint density at radius 1 is 1.05 bits per heavy atom. The van der Waals surface area contributed by atoms with E-state index in [4.69, 9.17) is 5.73 Å². The molecule has 0 bridgehead atoms. The van der Waals surface area contributed by atoms with Crippen LogP contribution in [0.2, 0.25) is 0 Å². The first-order valence-electron chi connectivity index (χ1n) is 6.88. The molecule has 3 rings (SSSR count). The van der Waals surface area contributed by atoms with Crippen LogP contribution < -0.4 is 11.1 Å². The molecule has 1 heterocycles. The van der Waals surface area contributed by atoms with E-state index in [1.165, 1.54) is 0 Å². The summed E-state index contributed by atoms with van der Waals surface area (Å²) in [4.78, 5) is 12.1. The number of nitrogens with one attached hydrogen (secondary N) is 1. The highest BCUT2D eigenvalue weighted by Gasteiger charge is 2.08. The Kier molecular flexibility index (Phi) is 3.60. The smallest absolute Gasteiger partial charge is 0.240 e. The highest BCUT2D eigenvalue weighted by molar-refractivity contribution is 5.91. The Bertz CT molecular complexity index is 762. The number of hydrogen-bond acceptors (Lipinski definition) is 2. The van der Waals surface area contributed by atoms with E-state index >= 15 is 0 Å². The molecule has 0 radical (unpaired) electrons. The number of para-hydroxylation sites is 1. The van der Waals surface area contributed by atoms with Gasteiger partial charge in [0.15, 0.2) is 0 Å². The van der Waals surface area contributed by atoms with Crippen LogP contribution in [0.1, 0.15) is 5.56 Å². The van der Waals surface area contributed by atoms with E-state index in [9.17, 15) is 4.79 Å². The highest BCUT2D eigenvalue weighted by atomic mass is 16.1. The maximum absolute atomic E-state index is 12.1. The van der Waals surface area contributed by atoms with E-state index in [1.54, 1.807) is 0 Å². The molecule has 0 saturated carbocycles. The fourth-order valence-electron chi connectivity index (χ4n) is 2.43. The molecular weight excluding hydrogens is 262 g/mol. The lowest BCUT2D eigenvalue weighted by Crippen LogP contribution is -2.26. The van der Waals surface area contributed by atoms with Gasteiger partial charge < -0.3 is 15.6 Å². The van der Waals surface area contributed by atoms with Crippen molar-refractivity contribution in [2.75, 3.05) is 5.73 Å². The SMILES string of the molecule is Nc1cccc2ccn(CC(=O)NCc3ccccc3)c12. The fourth-order valence-corrected chi connectivity index (χ4v) is 2.43. The molecule has 0 aliphatic rings. The normalized spacial score (nSPS) is 10.7. The van der Waals surface area contributed by atoms with Crippen molar-refractivity contribution in [1.29, 1.82) is 0 Å². The number of carbonyl (C=O) groups is 1. The summed E-state index contributed by atoms with van der Waals surface area (Å²) in [7, 11) is 0. The molecule has 3 aromatic rings. The van der Waals surface area contributed by atoms with Crippen molar-refractivity contribution in [3.8, 4) is 0 Å². The van der Waals surface area contributed by atoms with Crippen molar-refractivity contribution in [3.05, 3.63) is 66.4 Å². The van der Waals surface area contributed by atoms with Crippen LogP contribution >= 0.6 is 0 Å². The number of rotatable bonds is 4. The maximum Gasteiger partial charge on any atom is 0.240 e. The van der Waals surface area contributed by atoms with Crippen molar-refractivity contribution in [2.45, 2.75) is 13.1 Å². The van der Waals surface area contributed by atoms with Crippen molar-refractivity contribution in [3.63, 3.8) is 0 Å². The number of benzene rings is 2. The zero-order valence-electron chi connectivity index (χ0n) is 11.6. The van der Waals surface area contributed by atoms with Crippen molar-refractivity contribution in [1.82, 2.24) is 9.88 Å². The molecule has 0 fully saturated rings. The quantitative estimate of drug-likeness (QED) is 0.721.